The Kier molecular flexibility index (Phi) is 6.81. The van der Waals surface area contributed by atoms with Crippen molar-refractivity contribution in [1.29, 1.82) is 0 Å². The third-order valence-corrected chi connectivity index (χ3v) is 9.98. The molecule has 2 heterocycles. The van der Waals surface area contributed by atoms with Gasteiger partial charge in [0.25, 0.3) is 0 Å². The number of hydrogen-bond acceptors (Lipinski definition) is 2. The number of anilines is 3. The van der Waals surface area contributed by atoms with E-state index in [1.54, 1.807) is 0 Å². The second-order valence-corrected chi connectivity index (χ2v) is 13.0. The summed E-state index contributed by atoms with van der Waals surface area (Å²) in [4.78, 5) is 2.30. The van der Waals surface area contributed by atoms with E-state index < -0.39 is 0 Å². The van der Waals surface area contributed by atoms with Crippen molar-refractivity contribution in [3.8, 4) is 27.9 Å². The van der Waals surface area contributed by atoms with E-state index in [2.05, 4.69) is 191 Å². The van der Waals surface area contributed by atoms with E-state index in [-0.39, 0.29) is 0 Å². The van der Waals surface area contributed by atoms with Gasteiger partial charge in [0.15, 0.2) is 5.58 Å². The zero-order valence-electron chi connectivity index (χ0n) is 27.8. The Morgan fingerprint density at radius 1 is 0.353 bits per heavy atom. The van der Waals surface area contributed by atoms with E-state index in [4.69, 9.17) is 4.42 Å². The molecule has 0 unspecified atom stereocenters. The number of nitrogens with zero attached hydrogens (tertiary/aromatic N) is 2. The second-order valence-electron chi connectivity index (χ2n) is 13.0. The average Bonchev–Trinajstić information content (AvgIpc) is 3.75. The van der Waals surface area contributed by atoms with Gasteiger partial charge in [0.1, 0.15) is 5.58 Å². The maximum atomic E-state index is 6.49. The number of fused-ring (bicyclic) bond motifs is 6. The molecule has 0 saturated carbocycles. The summed E-state index contributed by atoms with van der Waals surface area (Å²) in [6.45, 7) is 0. The van der Waals surface area contributed by atoms with Gasteiger partial charge in [-0.1, -0.05) is 127 Å². The van der Waals surface area contributed by atoms with Gasteiger partial charge < -0.3 is 13.9 Å². The molecule has 0 amide bonds. The van der Waals surface area contributed by atoms with E-state index in [1.165, 1.54) is 33.0 Å². The minimum Gasteiger partial charge on any atom is -0.454 e. The van der Waals surface area contributed by atoms with E-state index in [0.717, 1.165) is 55.7 Å². The van der Waals surface area contributed by atoms with Gasteiger partial charge in [-0.3, -0.25) is 0 Å². The lowest BCUT2D eigenvalue weighted by Gasteiger charge is -2.25. The van der Waals surface area contributed by atoms with Crippen molar-refractivity contribution in [3.05, 3.63) is 194 Å². The number of furan rings is 1. The maximum Gasteiger partial charge on any atom is 0.159 e. The summed E-state index contributed by atoms with van der Waals surface area (Å²) in [5, 5.41) is 4.70. The minimum absolute atomic E-state index is 0.903. The van der Waals surface area contributed by atoms with Gasteiger partial charge in [-0.05, 0) is 89.0 Å². The molecule has 10 rings (SSSR count). The van der Waals surface area contributed by atoms with Crippen molar-refractivity contribution in [2.75, 3.05) is 4.90 Å². The van der Waals surface area contributed by atoms with Crippen LogP contribution in [0.2, 0.25) is 0 Å². The van der Waals surface area contributed by atoms with E-state index >= 15 is 0 Å². The first-order chi connectivity index (χ1) is 25.3. The maximum absolute atomic E-state index is 6.49. The number of para-hydroxylation sites is 5. The van der Waals surface area contributed by atoms with Gasteiger partial charge in [-0.25, -0.2) is 0 Å². The van der Waals surface area contributed by atoms with Crippen LogP contribution in [0.25, 0.3) is 71.7 Å². The predicted molar refractivity (Wildman–Crippen MR) is 214 cm³/mol. The molecule has 0 aliphatic heterocycles. The fourth-order valence-electron chi connectivity index (χ4n) is 7.60. The summed E-state index contributed by atoms with van der Waals surface area (Å²) in [6, 6.07) is 69.1. The fourth-order valence-corrected chi connectivity index (χ4v) is 7.60. The molecule has 3 heteroatoms. The molecule has 0 spiro atoms. The summed E-state index contributed by atoms with van der Waals surface area (Å²) in [7, 11) is 0. The van der Waals surface area contributed by atoms with E-state index in [9.17, 15) is 0 Å². The third-order valence-electron chi connectivity index (χ3n) is 9.98. The van der Waals surface area contributed by atoms with E-state index in [1.807, 2.05) is 12.1 Å². The van der Waals surface area contributed by atoms with Crippen molar-refractivity contribution >= 4 is 60.8 Å². The summed E-state index contributed by atoms with van der Waals surface area (Å²) in [5.74, 6) is 0. The quantitative estimate of drug-likeness (QED) is 0.178. The monoisotopic (exact) mass is 652 g/mol. The number of hydrogen-bond donors (Lipinski definition) is 0. The Labute approximate surface area is 295 Å². The molecular formula is C48H32N2O. The van der Waals surface area contributed by atoms with Crippen molar-refractivity contribution in [2.45, 2.75) is 0 Å². The van der Waals surface area contributed by atoms with Gasteiger partial charge in [0.05, 0.1) is 16.7 Å². The molecule has 0 saturated heterocycles. The molecule has 0 bridgehead atoms. The van der Waals surface area contributed by atoms with Crippen molar-refractivity contribution in [2.24, 2.45) is 0 Å². The summed E-state index contributed by atoms with van der Waals surface area (Å²) in [6.07, 6.45) is 0. The highest BCUT2D eigenvalue weighted by Gasteiger charge is 2.18. The Balaban J connectivity index is 1.04. The number of aromatic nitrogens is 1. The molecule has 0 radical (unpaired) electrons. The lowest BCUT2D eigenvalue weighted by molar-refractivity contribution is 0.666. The summed E-state index contributed by atoms with van der Waals surface area (Å²) in [5.41, 5.74) is 13.3. The molecule has 8 aromatic carbocycles. The van der Waals surface area contributed by atoms with Gasteiger partial charge in [-0.15, -0.1) is 0 Å². The van der Waals surface area contributed by atoms with Gasteiger partial charge in [-0.2, -0.15) is 0 Å². The SMILES string of the molecule is c1ccc(N(c2ccccc2)c2cccc(-c3ccc(-c4ccc5c(c4)c4ccccc4n5-c4cccc5c4oc4ccccc45)cc3)c2)cc1. The average molecular weight is 653 g/mol. The molecule has 240 valence electrons. The predicted octanol–water partition coefficient (Wildman–Crippen LogP) is 13.5. The van der Waals surface area contributed by atoms with Crippen LogP contribution in [-0.4, -0.2) is 4.57 Å². The van der Waals surface area contributed by atoms with E-state index in [0.29, 0.717) is 0 Å². The Bertz CT molecular complexity index is 2810. The first kappa shape index (κ1) is 29.1. The summed E-state index contributed by atoms with van der Waals surface area (Å²) >= 11 is 0. The third kappa shape index (κ3) is 4.90. The Hall–Kier alpha value is -6.84. The largest absolute Gasteiger partial charge is 0.454 e. The van der Waals surface area contributed by atoms with Crippen LogP contribution in [0, 0.1) is 0 Å². The molecule has 0 aliphatic carbocycles. The van der Waals surface area contributed by atoms with Crippen LogP contribution < -0.4 is 4.90 Å². The Morgan fingerprint density at radius 2 is 0.902 bits per heavy atom. The topological polar surface area (TPSA) is 21.3 Å². The lowest BCUT2D eigenvalue weighted by atomic mass is 9.98. The fraction of sp³-hybridized carbons (Fsp3) is 0. The highest BCUT2D eigenvalue weighted by molar-refractivity contribution is 6.13. The minimum atomic E-state index is 0.903. The van der Waals surface area contributed by atoms with Crippen LogP contribution in [0.15, 0.2) is 199 Å². The summed E-state index contributed by atoms with van der Waals surface area (Å²) < 4.78 is 8.84. The highest BCUT2D eigenvalue weighted by Crippen LogP contribution is 2.40. The van der Waals surface area contributed by atoms with Crippen LogP contribution in [0.3, 0.4) is 0 Å². The standard InChI is InChI=1S/C48H32N2O/c1-3-14-37(15-4-1)49(38-16-5-2-6-17-38)39-18-11-13-35(31-39)33-25-27-34(28-26-33)36-29-30-45-43(32-36)40-19-7-9-22-44(40)50(45)46-23-12-21-42-41-20-8-10-24-47(41)51-48(42)46/h1-32H. The zero-order chi connectivity index (χ0) is 33.7. The molecule has 51 heavy (non-hydrogen) atoms. The number of benzene rings is 8. The molecule has 10 aromatic rings. The molecule has 2 aromatic heterocycles. The number of rotatable bonds is 6. The molecule has 0 N–H and O–H groups in total. The molecule has 3 nitrogen and oxygen atoms in total. The van der Waals surface area contributed by atoms with Crippen molar-refractivity contribution in [3.63, 3.8) is 0 Å². The normalized spacial score (nSPS) is 11.5. The lowest BCUT2D eigenvalue weighted by Crippen LogP contribution is -2.09. The second kappa shape index (κ2) is 11.9. The van der Waals surface area contributed by atoms with Gasteiger partial charge in [0, 0.05) is 38.6 Å². The first-order valence-electron chi connectivity index (χ1n) is 17.4. The van der Waals surface area contributed by atoms with Gasteiger partial charge in [0.2, 0.25) is 0 Å². The van der Waals surface area contributed by atoms with Crippen LogP contribution in [-0.2, 0) is 0 Å². The highest BCUT2D eigenvalue weighted by atomic mass is 16.3. The van der Waals surface area contributed by atoms with Crippen LogP contribution in [0.4, 0.5) is 17.1 Å². The molecule has 0 fully saturated rings. The van der Waals surface area contributed by atoms with Crippen molar-refractivity contribution in [1.82, 2.24) is 4.57 Å². The van der Waals surface area contributed by atoms with Crippen LogP contribution in [0.5, 0.6) is 0 Å². The van der Waals surface area contributed by atoms with Crippen LogP contribution >= 0.6 is 0 Å². The zero-order valence-corrected chi connectivity index (χ0v) is 27.8. The smallest absolute Gasteiger partial charge is 0.159 e. The molecular weight excluding hydrogens is 621 g/mol. The first-order valence-corrected chi connectivity index (χ1v) is 17.4. The van der Waals surface area contributed by atoms with Crippen molar-refractivity contribution < 1.29 is 4.42 Å². The van der Waals surface area contributed by atoms with Gasteiger partial charge >= 0.3 is 0 Å². The molecule has 0 aliphatic rings. The Morgan fingerprint density at radius 3 is 1.65 bits per heavy atom. The molecule has 0 atom stereocenters. The van der Waals surface area contributed by atoms with Crippen LogP contribution in [0.1, 0.15) is 0 Å².